The molecule has 1 saturated heterocycles. The Hall–Kier alpha value is -1.60. The van der Waals surface area contributed by atoms with E-state index < -0.39 is 10.0 Å². The van der Waals surface area contributed by atoms with Gasteiger partial charge in [-0.05, 0) is 37.3 Å². The number of nitrogens with zero attached hydrogens (tertiary/aromatic N) is 2. The Morgan fingerprint density at radius 3 is 2.58 bits per heavy atom. The first kappa shape index (κ1) is 18.7. The fourth-order valence-corrected chi connectivity index (χ4v) is 4.24. The lowest BCUT2D eigenvalue weighted by molar-refractivity contribution is 0.279. The van der Waals surface area contributed by atoms with E-state index in [-0.39, 0.29) is 0 Å². The van der Waals surface area contributed by atoms with Gasteiger partial charge in [0, 0.05) is 26.2 Å². The quantitative estimate of drug-likeness (QED) is 0.445. The Kier molecular flexibility index (Phi) is 7.05. The lowest BCUT2D eigenvalue weighted by atomic mass is 9.98. The van der Waals surface area contributed by atoms with Crippen LogP contribution in [0.4, 0.5) is 0 Å². The summed E-state index contributed by atoms with van der Waals surface area (Å²) >= 11 is 0. The van der Waals surface area contributed by atoms with Gasteiger partial charge in [0.1, 0.15) is 0 Å². The van der Waals surface area contributed by atoms with Crippen molar-refractivity contribution in [3.05, 3.63) is 30.3 Å². The Balaban J connectivity index is 1.82. The van der Waals surface area contributed by atoms with Crippen LogP contribution in [0.2, 0.25) is 0 Å². The molecule has 6 nitrogen and oxygen atoms in total. The molecule has 0 radical (unpaired) electrons. The van der Waals surface area contributed by atoms with Crippen LogP contribution in [0, 0.1) is 5.92 Å². The van der Waals surface area contributed by atoms with Crippen molar-refractivity contribution >= 4 is 16.0 Å². The minimum atomic E-state index is -3.37. The van der Waals surface area contributed by atoms with Gasteiger partial charge in [0.25, 0.3) is 0 Å². The third kappa shape index (κ3) is 5.21. The smallest absolute Gasteiger partial charge is 0.243 e. The molecule has 3 N–H and O–H groups in total. The summed E-state index contributed by atoms with van der Waals surface area (Å²) in [6.07, 6.45) is 3.83. The highest BCUT2D eigenvalue weighted by Gasteiger charge is 2.29. The summed E-state index contributed by atoms with van der Waals surface area (Å²) in [5.41, 5.74) is 5.84. The van der Waals surface area contributed by atoms with Gasteiger partial charge in [0.15, 0.2) is 5.96 Å². The minimum Gasteiger partial charge on any atom is -0.370 e. The van der Waals surface area contributed by atoms with E-state index in [0.29, 0.717) is 36.4 Å². The summed E-state index contributed by atoms with van der Waals surface area (Å²) < 4.78 is 26.7. The molecule has 0 bridgehead atoms. The number of nitrogens with one attached hydrogen (secondary N) is 1. The molecule has 0 saturated carbocycles. The predicted molar refractivity (Wildman–Crippen MR) is 97.3 cm³/mol. The van der Waals surface area contributed by atoms with Gasteiger partial charge in [0.2, 0.25) is 10.0 Å². The molecule has 1 aliphatic heterocycles. The number of guanidine groups is 1. The van der Waals surface area contributed by atoms with Crippen LogP contribution < -0.4 is 11.1 Å². The Morgan fingerprint density at radius 2 is 1.96 bits per heavy atom. The van der Waals surface area contributed by atoms with Crippen LogP contribution in [0.15, 0.2) is 40.2 Å². The first-order valence-electron chi connectivity index (χ1n) is 8.63. The van der Waals surface area contributed by atoms with Crippen molar-refractivity contribution < 1.29 is 8.42 Å². The largest absolute Gasteiger partial charge is 0.370 e. The number of hydrogen-bond donors (Lipinski definition) is 2. The van der Waals surface area contributed by atoms with E-state index in [1.165, 1.54) is 0 Å². The van der Waals surface area contributed by atoms with Crippen LogP contribution in [-0.4, -0.2) is 44.9 Å². The van der Waals surface area contributed by atoms with Crippen LogP contribution in [0.5, 0.6) is 0 Å². The molecule has 1 heterocycles. The summed E-state index contributed by atoms with van der Waals surface area (Å²) in [5.74, 6) is 0.876. The average Bonchev–Trinajstić information content (AvgIpc) is 2.61. The van der Waals surface area contributed by atoms with E-state index in [4.69, 9.17) is 5.73 Å². The summed E-state index contributed by atoms with van der Waals surface area (Å²) in [5, 5.41) is 3.10. The zero-order valence-electron chi connectivity index (χ0n) is 14.3. The summed E-state index contributed by atoms with van der Waals surface area (Å²) in [6, 6.07) is 8.62. The molecule has 0 unspecified atom stereocenters. The van der Waals surface area contributed by atoms with Gasteiger partial charge < -0.3 is 11.1 Å². The third-order valence-electron chi connectivity index (χ3n) is 4.31. The van der Waals surface area contributed by atoms with Crippen molar-refractivity contribution in [2.45, 2.75) is 37.5 Å². The molecule has 0 aliphatic carbocycles. The molecule has 0 spiro atoms. The number of unbranched alkanes of at least 4 members (excludes halogenated alkanes) is 1. The second-order valence-corrected chi connectivity index (χ2v) is 8.10. The first-order chi connectivity index (χ1) is 11.5. The Morgan fingerprint density at radius 1 is 1.29 bits per heavy atom. The van der Waals surface area contributed by atoms with Crippen molar-refractivity contribution in [2.75, 3.05) is 26.2 Å². The van der Waals surface area contributed by atoms with Gasteiger partial charge in [-0.1, -0.05) is 31.5 Å². The molecule has 24 heavy (non-hydrogen) atoms. The van der Waals surface area contributed by atoms with E-state index in [9.17, 15) is 8.42 Å². The second kappa shape index (κ2) is 9.03. The van der Waals surface area contributed by atoms with Crippen LogP contribution >= 0.6 is 0 Å². The van der Waals surface area contributed by atoms with Crippen LogP contribution in [0.3, 0.4) is 0 Å². The highest BCUT2D eigenvalue weighted by atomic mass is 32.2. The number of hydrogen-bond acceptors (Lipinski definition) is 3. The number of benzene rings is 1. The van der Waals surface area contributed by atoms with Crippen molar-refractivity contribution in [3.8, 4) is 0 Å². The zero-order chi connectivity index (χ0) is 17.4. The molecule has 134 valence electrons. The fourth-order valence-electron chi connectivity index (χ4n) is 2.75. The monoisotopic (exact) mass is 352 g/mol. The van der Waals surface area contributed by atoms with Gasteiger partial charge in [-0.15, -0.1) is 0 Å². The summed E-state index contributed by atoms with van der Waals surface area (Å²) in [4.78, 5) is 4.75. The minimum absolute atomic E-state index is 0.367. The molecular weight excluding hydrogens is 324 g/mol. The summed E-state index contributed by atoms with van der Waals surface area (Å²) in [6.45, 7) is 4.72. The molecule has 2 rings (SSSR count). The van der Waals surface area contributed by atoms with Gasteiger partial charge in [0.05, 0.1) is 4.90 Å². The van der Waals surface area contributed by atoms with E-state index in [2.05, 4.69) is 17.2 Å². The van der Waals surface area contributed by atoms with Crippen molar-refractivity contribution in [1.29, 1.82) is 0 Å². The Bertz CT molecular complexity index is 623. The maximum atomic E-state index is 12.6. The first-order valence-corrected chi connectivity index (χ1v) is 10.1. The van der Waals surface area contributed by atoms with Crippen LogP contribution in [0.1, 0.15) is 32.6 Å². The standard InChI is InChI=1S/C17H28N4O2S/c1-2-3-11-19-17(18)20-14-15-9-12-21(13-10-15)24(22,23)16-7-5-4-6-8-16/h4-8,15H,2-3,9-14H2,1H3,(H3,18,19,20). The summed E-state index contributed by atoms with van der Waals surface area (Å²) in [7, 11) is -3.37. The van der Waals surface area contributed by atoms with Gasteiger partial charge in [-0.3, -0.25) is 4.99 Å². The van der Waals surface area contributed by atoms with Crippen LogP contribution in [-0.2, 0) is 10.0 Å². The average molecular weight is 353 g/mol. The number of rotatable bonds is 7. The number of sulfonamides is 1. The molecule has 7 heteroatoms. The van der Waals surface area contributed by atoms with E-state index in [1.54, 1.807) is 28.6 Å². The van der Waals surface area contributed by atoms with Crippen LogP contribution in [0.25, 0.3) is 0 Å². The molecule has 0 aromatic heterocycles. The Labute approximate surface area is 145 Å². The number of piperidine rings is 1. The third-order valence-corrected chi connectivity index (χ3v) is 6.22. The maximum Gasteiger partial charge on any atom is 0.243 e. The lowest BCUT2D eigenvalue weighted by Crippen LogP contribution is -2.39. The van der Waals surface area contributed by atoms with Gasteiger partial charge in [-0.2, -0.15) is 4.31 Å². The molecular formula is C17H28N4O2S. The molecule has 1 aromatic carbocycles. The molecule has 0 amide bonds. The normalized spacial score (nSPS) is 17.8. The molecule has 0 atom stereocenters. The van der Waals surface area contributed by atoms with Crippen molar-refractivity contribution in [1.82, 2.24) is 9.62 Å². The molecule has 1 aromatic rings. The van der Waals surface area contributed by atoms with Gasteiger partial charge >= 0.3 is 0 Å². The van der Waals surface area contributed by atoms with E-state index in [0.717, 1.165) is 32.2 Å². The number of nitrogens with two attached hydrogens (primary N) is 1. The van der Waals surface area contributed by atoms with Crippen molar-refractivity contribution in [3.63, 3.8) is 0 Å². The second-order valence-electron chi connectivity index (χ2n) is 6.17. The SMILES string of the molecule is CCCCNC(N)=NCC1CCN(S(=O)(=O)c2ccccc2)CC1. The lowest BCUT2D eigenvalue weighted by Gasteiger charge is -2.30. The predicted octanol–water partition coefficient (Wildman–Crippen LogP) is 1.79. The fraction of sp³-hybridized carbons (Fsp3) is 0.588. The highest BCUT2D eigenvalue weighted by molar-refractivity contribution is 7.89. The highest BCUT2D eigenvalue weighted by Crippen LogP contribution is 2.23. The van der Waals surface area contributed by atoms with E-state index >= 15 is 0 Å². The van der Waals surface area contributed by atoms with Gasteiger partial charge in [-0.25, -0.2) is 8.42 Å². The maximum absolute atomic E-state index is 12.6. The molecule has 1 aliphatic rings. The zero-order valence-corrected chi connectivity index (χ0v) is 15.1. The molecule has 1 fully saturated rings. The topological polar surface area (TPSA) is 87.8 Å². The van der Waals surface area contributed by atoms with Crippen molar-refractivity contribution in [2.24, 2.45) is 16.6 Å². The number of aliphatic imine (C=N–C) groups is 1. The van der Waals surface area contributed by atoms with E-state index in [1.807, 2.05) is 6.07 Å².